The van der Waals surface area contributed by atoms with Crippen molar-refractivity contribution in [3.8, 4) is 0 Å². The van der Waals surface area contributed by atoms with Crippen LogP contribution in [0.1, 0.15) is 5.56 Å². The van der Waals surface area contributed by atoms with Gasteiger partial charge in [-0.15, -0.1) is 0 Å². The van der Waals surface area contributed by atoms with Gasteiger partial charge in [-0.05, 0) is 17.7 Å². The van der Waals surface area contributed by atoms with Gasteiger partial charge in [0.15, 0.2) is 11.6 Å². The average Bonchev–Trinajstić information content (AvgIpc) is 2.41. The van der Waals surface area contributed by atoms with E-state index in [9.17, 15) is 0 Å². The second-order valence-corrected chi connectivity index (χ2v) is 4.91. The van der Waals surface area contributed by atoms with Crippen LogP contribution in [0, 0.1) is 0 Å². The van der Waals surface area contributed by atoms with Crippen molar-refractivity contribution in [3.63, 3.8) is 0 Å². The number of benzene rings is 1. The molecule has 6 nitrogen and oxygen atoms in total. The van der Waals surface area contributed by atoms with Crippen LogP contribution >= 0.6 is 11.6 Å². The van der Waals surface area contributed by atoms with Gasteiger partial charge in [0.05, 0.1) is 0 Å². The van der Waals surface area contributed by atoms with Crippen LogP contribution < -0.4 is 16.5 Å². The topological polar surface area (TPSA) is 79.1 Å². The Morgan fingerprint density at radius 3 is 2.45 bits per heavy atom. The van der Waals surface area contributed by atoms with Crippen molar-refractivity contribution in [2.45, 2.75) is 6.54 Å². The van der Waals surface area contributed by atoms with E-state index in [2.05, 4.69) is 20.7 Å². The minimum Gasteiger partial charge on any atom is -0.393 e. The van der Waals surface area contributed by atoms with Crippen LogP contribution in [0.5, 0.6) is 0 Å². The van der Waals surface area contributed by atoms with Crippen molar-refractivity contribution in [3.05, 3.63) is 41.2 Å². The Morgan fingerprint density at radius 1 is 1.15 bits per heavy atom. The zero-order chi connectivity index (χ0) is 14.5. The van der Waals surface area contributed by atoms with Crippen LogP contribution in [0.4, 0.5) is 17.3 Å². The van der Waals surface area contributed by atoms with Gasteiger partial charge in [-0.1, -0.05) is 23.7 Å². The van der Waals surface area contributed by atoms with E-state index in [4.69, 9.17) is 17.3 Å². The lowest BCUT2D eigenvalue weighted by Gasteiger charge is -2.16. The number of halogens is 1. The quantitative estimate of drug-likeness (QED) is 0.733. The molecular formula is C13H17ClN6. The summed E-state index contributed by atoms with van der Waals surface area (Å²) in [4.78, 5) is 8.25. The predicted molar refractivity (Wildman–Crippen MR) is 82.5 cm³/mol. The second-order valence-electron chi connectivity index (χ2n) is 4.47. The lowest BCUT2D eigenvalue weighted by Crippen LogP contribution is -2.22. The first-order valence-electron chi connectivity index (χ1n) is 6.09. The van der Waals surface area contributed by atoms with Gasteiger partial charge >= 0.3 is 0 Å². The minimum absolute atomic E-state index is 0.482. The fourth-order valence-corrected chi connectivity index (χ4v) is 1.75. The van der Waals surface area contributed by atoms with Crippen LogP contribution in [-0.4, -0.2) is 29.1 Å². The van der Waals surface area contributed by atoms with Crippen LogP contribution in [0.25, 0.3) is 0 Å². The van der Waals surface area contributed by atoms with Gasteiger partial charge in [0.1, 0.15) is 12.0 Å². The molecular weight excluding hydrogens is 276 g/mol. The number of nitrogens with one attached hydrogen (secondary N) is 2. The Bertz CT molecular complexity index is 570. The van der Waals surface area contributed by atoms with E-state index in [1.165, 1.54) is 6.33 Å². The van der Waals surface area contributed by atoms with Gasteiger partial charge in [-0.25, -0.2) is 15.0 Å². The number of nitrogens with zero attached hydrogens (tertiary/aromatic N) is 3. The second kappa shape index (κ2) is 6.40. The minimum atomic E-state index is 0.482. The molecule has 0 aliphatic rings. The Balaban J connectivity index is 2.07. The molecule has 106 valence electrons. The fourth-order valence-electron chi connectivity index (χ4n) is 1.63. The largest absolute Gasteiger partial charge is 0.393 e. The van der Waals surface area contributed by atoms with Crippen LogP contribution in [-0.2, 0) is 6.54 Å². The third kappa shape index (κ3) is 3.72. The molecule has 0 spiro atoms. The molecule has 20 heavy (non-hydrogen) atoms. The van der Waals surface area contributed by atoms with E-state index in [0.717, 1.165) is 5.56 Å². The molecule has 1 heterocycles. The molecule has 0 atom stereocenters. The normalized spacial score (nSPS) is 10.6. The third-order valence-electron chi connectivity index (χ3n) is 2.59. The maximum Gasteiger partial charge on any atom is 0.169 e. The van der Waals surface area contributed by atoms with E-state index in [0.29, 0.717) is 28.9 Å². The Hall–Kier alpha value is -2.05. The molecule has 1 aromatic carbocycles. The number of hydrogen-bond donors (Lipinski definition) is 3. The highest BCUT2D eigenvalue weighted by Gasteiger charge is 2.08. The summed E-state index contributed by atoms with van der Waals surface area (Å²) in [6.07, 6.45) is 1.46. The summed E-state index contributed by atoms with van der Waals surface area (Å²) < 4.78 is 0. The molecule has 4 N–H and O–H groups in total. The number of hydrazine groups is 1. The molecule has 2 aromatic rings. The lowest BCUT2D eigenvalue weighted by atomic mass is 10.2. The Kier molecular flexibility index (Phi) is 4.60. The number of nitrogens with two attached hydrogens (primary N) is 1. The summed E-state index contributed by atoms with van der Waals surface area (Å²) in [6.45, 7) is 0.611. The van der Waals surface area contributed by atoms with E-state index in [-0.39, 0.29) is 0 Å². The number of nitrogen functional groups attached to an aromatic ring is 1. The van der Waals surface area contributed by atoms with Crippen LogP contribution in [0.2, 0.25) is 5.02 Å². The van der Waals surface area contributed by atoms with Gasteiger partial charge in [-0.3, -0.25) is 0 Å². The molecule has 0 fully saturated rings. The summed E-state index contributed by atoms with van der Waals surface area (Å²) in [7, 11) is 3.73. The summed E-state index contributed by atoms with van der Waals surface area (Å²) in [5.41, 5.74) is 10.6. The van der Waals surface area contributed by atoms with Gasteiger partial charge in [0.25, 0.3) is 0 Å². The Morgan fingerprint density at radius 2 is 1.80 bits per heavy atom. The smallest absolute Gasteiger partial charge is 0.169 e. The number of anilines is 3. The first-order valence-corrected chi connectivity index (χ1v) is 6.47. The van der Waals surface area contributed by atoms with Crippen molar-refractivity contribution in [2.24, 2.45) is 0 Å². The van der Waals surface area contributed by atoms with Gasteiger partial charge in [0.2, 0.25) is 0 Å². The number of aromatic nitrogens is 2. The van der Waals surface area contributed by atoms with Crippen molar-refractivity contribution in [1.29, 1.82) is 0 Å². The molecule has 2 rings (SSSR count). The molecule has 0 bridgehead atoms. The summed E-state index contributed by atoms with van der Waals surface area (Å²) >= 11 is 5.85. The van der Waals surface area contributed by atoms with E-state index in [1.807, 2.05) is 38.4 Å². The van der Waals surface area contributed by atoms with Gasteiger partial charge in [-0.2, -0.15) is 0 Å². The third-order valence-corrected chi connectivity index (χ3v) is 2.84. The Labute approximate surface area is 122 Å². The molecule has 7 heteroatoms. The van der Waals surface area contributed by atoms with E-state index >= 15 is 0 Å². The summed E-state index contributed by atoms with van der Waals surface area (Å²) in [6, 6.07) is 7.60. The van der Waals surface area contributed by atoms with Gasteiger partial charge < -0.3 is 16.5 Å². The monoisotopic (exact) mass is 292 g/mol. The molecule has 0 amide bonds. The maximum absolute atomic E-state index is 6.02. The highest BCUT2D eigenvalue weighted by Crippen LogP contribution is 2.23. The first-order chi connectivity index (χ1) is 9.56. The van der Waals surface area contributed by atoms with Crippen molar-refractivity contribution in [1.82, 2.24) is 15.0 Å². The highest BCUT2D eigenvalue weighted by atomic mass is 35.5. The lowest BCUT2D eigenvalue weighted by molar-refractivity contribution is 0.492. The first kappa shape index (κ1) is 14.4. The molecule has 0 radical (unpaired) electrons. The fraction of sp³-hybridized carbons (Fsp3) is 0.231. The summed E-state index contributed by atoms with van der Waals surface area (Å²) in [5, 5.41) is 5.67. The van der Waals surface area contributed by atoms with E-state index in [1.54, 1.807) is 5.01 Å². The standard InChI is InChI=1S/C13H17ClN6/c1-20(2)19-13-11(15)12(17-8-18-13)16-7-9-3-5-10(14)6-4-9/h3-6,8H,7,15H2,1-2H3,(H2,16,17,18,19). The van der Waals surface area contributed by atoms with Crippen molar-refractivity contribution in [2.75, 3.05) is 30.6 Å². The summed E-state index contributed by atoms with van der Waals surface area (Å²) in [5.74, 6) is 1.17. The number of rotatable bonds is 5. The molecule has 0 aliphatic heterocycles. The predicted octanol–water partition coefficient (Wildman–Crippen LogP) is 2.21. The number of hydrogen-bond acceptors (Lipinski definition) is 6. The van der Waals surface area contributed by atoms with E-state index < -0.39 is 0 Å². The SMILES string of the molecule is CN(C)Nc1ncnc(NCc2ccc(Cl)cc2)c1N. The van der Waals surface area contributed by atoms with Crippen molar-refractivity contribution >= 4 is 28.9 Å². The maximum atomic E-state index is 6.02. The molecule has 0 aliphatic carbocycles. The zero-order valence-corrected chi connectivity index (χ0v) is 12.1. The molecule has 0 saturated heterocycles. The molecule has 0 unspecified atom stereocenters. The highest BCUT2D eigenvalue weighted by molar-refractivity contribution is 6.30. The van der Waals surface area contributed by atoms with Gasteiger partial charge in [0, 0.05) is 25.7 Å². The average molecular weight is 293 g/mol. The molecule has 1 aromatic heterocycles. The van der Waals surface area contributed by atoms with Crippen LogP contribution in [0.15, 0.2) is 30.6 Å². The van der Waals surface area contributed by atoms with Crippen molar-refractivity contribution < 1.29 is 0 Å². The van der Waals surface area contributed by atoms with Crippen LogP contribution in [0.3, 0.4) is 0 Å². The molecule has 0 saturated carbocycles. The zero-order valence-electron chi connectivity index (χ0n) is 11.4.